The summed E-state index contributed by atoms with van der Waals surface area (Å²) in [6.07, 6.45) is 2.03. The number of carbonyl (C=O) groups excluding carboxylic acids is 2. The molecule has 0 aliphatic carbocycles. The Balaban J connectivity index is 3.37. The van der Waals surface area contributed by atoms with Crippen LogP contribution in [-0.2, 0) is 0 Å². The topological polar surface area (TPSA) is 73.5 Å². The predicted molar refractivity (Wildman–Crippen MR) is 63.4 cm³/mol. The largest absolute Gasteiger partial charge is 0.338 e. The lowest BCUT2D eigenvalue weighted by Crippen LogP contribution is -2.42. The van der Waals surface area contributed by atoms with Crippen LogP contribution >= 0.6 is 0 Å². The van der Waals surface area contributed by atoms with E-state index in [0.29, 0.717) is 19.6 Å². The van der Waals surface area contributed by atoms with Crippen molar-refractivity contribution in [2.24, 2.45) is 0 Å². The van der Waals surface area contributed by atoms with Crippen molar-refractivity contribution < 1.29 is 9.59 Å². The normalized spacial score (nSPS) is 9.44. The van der Waals surface area contributed by atoms with Crippen molar-refractivity contribution >= 4 is 12.1 Å². The average molecular weight is 230 g/mol. The zero-order valence-electron chi connectivity index (χ0n) is 10.3. The van der Waals surface area contributed by atoms with Gasteiger partial charge in [-0.05, 0) is 6.42 Å². The van der Waals surface area contributed by atoms with E-state index in [4.69, 9.17) is 0 Å². The van der Waals surface area contributed by atoms with Crippen molar-refractivity contribution in [2.45, 2.75) is 19.8 Å². The summed E-state index contributed by atoms with van der Waals surface area (Å²) in [5, 5.41) is 8.02. The van der Waals surface area contributed by atoms with E-state index in [1.807, 2.05) is 0 Å². The van der Waals surface area contributed by atoms with Gasteiger partial charge in [-0.15, -0.1) is 0 Å². The molecule has 0 rings (SSSR count). The highest BCUT2D eigenvalue weighted by atomic mass is 16.2. The Hall–Kier alpha value is -1.46. The van der Waals surface area contributed by atoms with Crippen molar-refractivity contribution in [3.63, 3.8) is 0 Å². The van der Waals surface area contributed by atoms with Gasteiger partial charge >= 0.3 is 12.1 Å². The molecule has 0 unspecified atom stereocenters. The van der Waals surface area contributed by atoms with E-state index < -0.39 is 0 Å². The first kappa shape index (κ1) is 14.5. The van der Waals surface area contributed by atoms with Gasteiger partial charge in [0.1, 0.15) is 0 Å². The maximum Gasteiger partial charge on any atom is 0.316 e. The Labute approximate surface area is 96.8 Å². The van der Waals surface area contributed by atoms with Gasteiger partial charge in [-0.2, -0.15) is 0 Å². The molecule has 0 atom stereocenters. The van der Waals surface area contributed by atoms with Gasteiger partial charge in [0.15, 0.2) is 0 Å². The molecule has 16 heavy (non-hydrogen) atoms. The Morgan fingerprint density at radius 1 is 1.00 bits per heavy atom. The minimum absolute atomic E-state index is 0.159. The Bertz CT molecular complexity index is 219. The maximum absolute atomic E-state index is 11.2. The number of nitrogens with one attached hydrogen (secondary N) is 3. The number of unbranched alkanes of at least 4 members (excludes halogenated alkanes) is 1. The van der Waals surface area contributed by atoms with Gasteiger partial charge in [-0.1, -0.05) is 13.3 Å². The van der Waals surface area contributed by atoms with E-state index in [1.165, 1.54) is 4.90 Å². The Morgan fingerprint density at radius 2 is 1.56 bits per heavy atom. The Morgan fingerprint density at radius 3 is 2.12 bits per heavy atom. The van der Waals surface area contributed by atoms with Crippen LogP contribution in [-0.4, -0.2) is 50.7 Å². The molecule has 3 N–H and O–H groups in total. The second-order valence-corrected chi connectivity index (χ2v) is 3.66. The molecule has 0 bridgehead atoms. The summed E-state index contributed by atoms with van der Waals surface area (Å²) in [5.74, 6) is 0. The van der Waals surface area contributed by atoms with Gasteiger partial charge in [0.25, 0.3) is 0 Å². The van der Waals surface area contributed by atoms with Crippen LogP contribution in [0.1, 0.15) is 19.8 Å². The van der Waals surface area contributed by atoms with Gasteiger partial charge in [-0.25, -0.2) is 9.59 Å². The molecule has 0 aromatic heterocycles. The summed E-state index contributed by atoms with van der Waals surface area (Å²) in [6.45, 7) is 3.61. The summed E-state index contributed by atoms with van der Waals surface area (Å²) in [6, 6.07) is -0.347. The molecule has 6 nitrogen and oxygen atoms in total. The highest BCUT2D eigenvalue weighted by Gasteiger charge is 2.02. The summed E-state index contributed by atoms with van der Waals surface area (Å²) < 4.78 is 0. The lowest BCUT2D eigenvalue weighted by Gasteiger charge is -2.12. The Kier molecular flexibility index (Phi) is 8.01. The van der Waals surface area contributed by atoms with Crippen LogP contribution in [0.15, 0.2) is 0 Å². The molecule has 6 heteroatoms. The van der Waals surface area contributed by atoms with Gasteiger partial charge in [0, 0.05) is 33.7 Å². The van der Waals surface area contributed by atoms with Crippen LogP contribution < -0.4 is 16.0 Å². The van der Waals surface area contributed by atoms with E-state index >= 15 is 0 Å². The molecule has 94 valence electrons. The molecule has 0 heterocycles. The van der Waals surface area contributed by atoms with E-state index in [-0.39, 0.29) is 12.1 Å². The molecule has 0 aromatic rings. The van der Waals surface area contributed by atoms with Crippen LogP contribution in [0.3, 0.4) is 0 Å². The smallest absolute Gasteiger partial charge is 0.316 e. The minimum Gasteiger partial charge on any atom is -0.338 e. The first-order chi connectivity index (χ1) is 7.57. The highest BCUT2D eigenvalue weighted by molar-refractivity contribution is 5.74. The summed E-state index contributed by atoms with van der Waals surface area (Å²) in [5.41, 5.74) is 0. The minimum atomic E-state index is -0.187. The highest BCUT2D eigenvalue weighted by Crippen LogP contribution is 1.81. The van der Waals surface area contributed by atoms with E-state index in [0.717, 1.165) is 12.8 Å². The predicted octanol–water partition coefficient (Wildman–Crippen LogP) is 0.357. The standard InChI is InChI=1S/C10H22N4O2/c1-4-5-6-11-9(15)12-7-8-13-10(16)14(2)3/h4-8H2,1-3H3,(H,13,16)(H2,11,12,15). The molecule has 0 aliphatic rings. The van der Waals surface area contributed by atoms with Crippen LogP contribution in [0.5, 0.6) is 0 Å². The number of urea groups is 2. The van der Waals surface area contributed by atoms with Crippen molar-refractivity contribution in [3.05, 3.63) is 0 Å². The monoisotopic (exact) mass is 230 g/mol. The molecule has 0 aliphatic heterocycles. The van der Waals surface area contributed by atoms with E-state index in [2.05, 4.69) is 22.9 Å². The van der Waals surface area contributed by atoms with Crippen molar-refractivity contribution in [2.75, 3.05) is 33.7 Å². The maximum atomic E-state index is 11.2. The summed E-state index contributed by atoms with van der Waals surface area (Å²) >= 11 is 0. The number of hydrogen-bond acceptors (Lipinski definition) is 2. The van der Waals surface area contributed by atoms with E-state index in [1.54, 1.807) is 14.1 Å². The quantitative estimate of drug-likeness (QED) is 0.576. The number of nitrogens with zero attached hydrogens (tertiary/aromatic N) is 1. The first-order valence-corrected chi connectivity index (χ1v) is 5.54. The molecule has 0 radical (unpaired) electrons. The van der Waals surface area contributed by atoms with Crippen molar-refractivity contribution in [1.82, 2.24) is 20.9 Å². The number of rotatable bonds is 6. The zero-order chi connectivity index (χ0) is 12.4. The van der Waals surface area contributed by atoms with Crippen LogP contribution in [0, 0.1) is 0 Å². The molecule has 0 saturated carbocycles. The van der Waals surface area contributed by atoms with Crippen LogP contribution in [0.4, 0.5) is 9.59 Å². The molecule has 0 saturated heterocycles. The molecule has 0 spiro atoms. The summed E-state index contributed by atoms with van der Waals surface area (Å²) in [4.78, 5) is 23.7. The van der Waals surface area contributed by atoms with Crippen LogP contribution in [0.2, 0.25) is 0 Å². The molecule has 0 aromatic carbocycles. The number of hydrogen-bond donors (Lipinski definition) is 3. The average Bonchev–Trinajstić information content (AvgIpc) is 2.24. The second-order valence-electron chi connectivity index (χ2n) is 3.66. The second kappa shape index (κ2) is 8.82. The third-order valence-electron chi connectivity index (χ3n) is 1.91. The molecular weight excluding hydrogens is 208 g/mol. The SMILES string of the molecule is CCCCNC(=O)NCCNC(=O)N(C)C. The lowest BCUT2D eigenvalue weighted by molar-refractivity contribution is 0.217. The summed E-state index contributed by atoms with van der Waals surface area (Å²) in [7, 11) is 3.33. The van der Waals surface area contributed by atoms with Crippen molar-refractivity contribution in [3.8, 4) is 0 Å². The van der Waals surface area contributed by atoms with Gasteiger partial charge < -0.3 is 20.9 Å². The zero-order valence-corrected chi connectivity index (χ0v) is 10.3. The van der Waals surface area contributed by atoms with Gasteiger partial charge in [0.05, 0.1) is 0 Å². The number of carbonyl (C=O) groups is 2. The van der Waals surface area contributed by atoms with Gasteiger partial charge in [0.2, 0.25) is 0 Å². The third-order valence-corrected chi connectivity index (χ3v) is 1.91. The van der Waals surface area contributed by atoms with Crippen LogP contribution in [0.25, 0.3) is 0 Å². The fraction of sp³-hybridized carbons (Fsp3) is 0.800. The number of amides is 4. The molecule has 0 fully saturated rings. The third kappa shape index (κ3) is 7.90. The van der Waals surface area contributed by atoms with Gasteiger partial charge in [-0.3, -0.25) is 0 Å². The fourth-order valence-electron chi connectivity index (χ4n) is 0.945. The first-order valence-electron chi connectivity index (χ1n) is 5.54. The molecular formula is C10H22N4O2. The molecule has 4 amide bonds. The van der Waals surface area contributed by atoms with E-state index in [9.17, 15) is 9.59 Å². The van der Waals surface area contributed by atoms with Crippen molar-refractivity contribution in [1.29, 1.82) is 0 Å². The fourth-order valence-corrected chi connectivity index (χ4v) is 0.945. The lowest BCUT2D eigenvalue weighted by atomic mass is 10.3.